The Labute approximate surface area is 205 Å². The van der Waals surface area contributed by atoms with Crippen molar-refractivity contribution in [3.63, 3.8) is 0 Å². The summed E-state index contributed by atoms with van der Waals surface area (Å²) in [6.45, 7) is 5.66. The Hall–Kier alpha value is -2.29. The second-order valence-corrected chi connectivity index (χ2v) is 11.0. The van der Waals surface area contributed by atoms with Crippen molar-refractivity contribution in [2.45, 2.75) is 33.4 Å². The van der Waals surface area contributed by atoms with E-state index >= 15 is 0 Å². The second kappa shape index (κ2) is 11.7. The van der Waals surface area contributed by atoms with Gasteiger partial charge in [0.1, 0.15) is 12.6 Å². The van der Waals surface area contributed by atoms with Gasteiger partial charge in [-0.25, -0.2) is 8.42 Å². The number of hydrogen-bond acceptors (Lipinski definition) is 4. The number of nitrogens with zero attached hydrogens (tertiary/aromatic N) is 2. The first kappa shape index (κ1) is 27.0. The van der Waals surface area contributed by atoms with Gasteiger partial charge in [-0.15, -0.1) is 0 Å². The van der Waals surface area contributed by atoms with Crippen LogP contribution in [-0.4, -0.2) is 50.5 Å². The molecule has 1 atom stereocenters. The van der Waals surface area contributed by atoms with Gasteiger partial charge in [0.15, 0.2) is 0 Å². The fourth-order valence-electron chi connectivity index (χ4n) is 3.11. The Balaban J connectivity index is 2.37. The van der Waals surface area contributed by atoms with Crippen molar-refractivity contribution in [1.29, 1.82) is 0 Å². The minimum Gasteiger partial charge on any atom is -0.354 e. The van der Waals surface area contributed by atoms with Gasteiger partial charge in [0.2, 0.25) is 21.8 Å². The number of anilines is 1. The Morgan fingerprint density at radius 2 is 1.58 bits per heavy atom. The molecule has 0 aliphatic carbocycles. The maximum atomic E-state index is 13.4. The summed E-state index contributed by atoms with van der Waals surface area (Å²) < 4.78 is 26.0. The third kappa shape index (κ3) is 8.21. The predicted molar refractivity (Wildman–Crippen MR) is 133 cm³/mol. The first-order chi connectivity index (χ1) is 15.4. The molecule has 10 heteroatoms. The van der Waals surface area contributed by atoms with Crippen molar-refractivity contribution in [1.82, 2.24) is 10.2 Å². The minimum atomic E-state index is -3.85. The molecule has 0 unspecified atom stereocenters. The summed E-state index contributed by atoms with van der Waals surface area (Å²) in [5, 5.41) is 3.31. The largest absolute Gasteiger partial charge is 0.354 e. The zero-order chi connectivity index (χ0) is 24.8. The monoisotopic (exact) mass is 513 g/mol. The van der Waals surface area contributed by atoms with Crippen molar-refractivity contribution in [2.24, 2.45) is 5.92 Å². The Morgan fingerprint density at radius 3 is 2.09 bits per heavy atom. The van der Waals surface area contributed by atoms with Crippen LogP contribution in [0.3, 0.4) is 0 Å². The highest BCUT2D eigenvalue weighted by atomic mass is 35.5. The molecule has 2 aromatic rings. The molecule has 0 spiro atoms. The fourth-order valence-corrected chi connectivity index (χ4v) is 4.46. The lowest BCUT2D eigenvalue weighted by Gasteiger charge is -2.31. The van der Waals surface area contributed by atoms with Crippen LogP contribution in [0.2, 0.25) is 10.0 Å². The summed E-state index contributed by atoms with van der Waals surface area (Å²) in [5.74, 6) is -0.606. The number of carbonyl (C=O) groups excluding carboxylic acids is 2. The van der Waals surface area contributed by atoms with Gasteiger partial charge < -0.3 is 10.2 Å². The van der Waals surface area contributed by atoms with Crippen molar-refractivity contribution in [3.8, 4) is 0 Å². The molecule has 7 nitrogen and oxygen atoms in total. The molecule has 0 fully saturated rings. The predicted octanol–water partition coefficient (Wildman–Crippen LogP) is 3.95. The molecular formula is C23H29Cl2N3O4S. The topological polar surface area (TPSA) is 86.8 Å². The summed E-state index contributed by atoms with van der Waals surface area (Å²) >= 11 is 12.1. The molecule has 0 saturated carbocycles. The molecule has 33 heavy (non-hydrogen) atoms. The van der Waals surface area contributed by atoms with Crippen LogP contribution in [0.25, 0.3) is 0 Å². The molecule has 2 amide bonds. The maximum Gasteiger partial charge on any atom is 0.244 e. The highest BCUT2D eigenvalue weighted by Gasteiger charge is 2.30. The number of amides is 2. The van der Waals surface area contributed by atoms with Gasteiger partial charge in [-0.1, -0.05) is 67.4 Å². The number of hydrogen-bond donors (Lipinski definition) is 1. The first-order valence-corrected chi connectivity index (χ1v) is 13.0. The van der Waals surface area contributed by atoms with Gasteiger partial charge in [0, 0.05) is 23.1 Å². The van der Waals surface area contributed by atoms with Crippen molar-refractivity contribution in [3.05, 3.63) is 64.1 Å². The van der Waals surface area contributed by atoms with Crippen molar-refractivity contribution >= 4 is 50.7 Å². The van der Waals surface area contributed by atoms with E-state index in [1.807, 2.05) is 44.2 Å². The van der Waals surface area contributed by atoms with Gasteiger partial charge in [-0.05, 0) is 36.6 Å². The van der Waals surface area contributed by atoms with Gasteiger partial charge >= 0.3 is 0 Å². The normalized spacial score (nSPS) is 12.3. The van der Waals surface area contributed by atoms with Crippen molar-refractivity contribution < 1.29 is 18.0 Å². The molecule has 180 valence electrons. The van der Waals surface area contributed by atoms with E-state index in [0.29, 0.717) is 6.54 Å². The summed E-state index contributed by atoms with van der Waals surface area (Å²) in [6, 6.07) is 12.7. The van der Waals surface area contributed by atoms with E-state index in [2.05, 4.69) is 5.32 Å². The zero-order valence-corrected chi connectivity index (χ0v) is 21.4. The average molecular weight is 514 g/mol. The van der Waals surface area contributed by atoms with Crippen LogP contribution in [0.4, 0.5) is 5.69 Å². The molecule has 0 radical (unpaired) electrons. The van der Waals surface area contributed by atoms with Crippen LogP contribution in [0.1, 0.15) is 26.3 Å². The number of carbonyl (C=O) groups is 2. The highest BCUT2D eigenvalue weighted by molar-refractivity contribution is 7.92. The summed E-state index contributed by atoms with van der Waals surface area (Å²) in [7, 11) is -3.85. The second-order valence-electron chi connectivity index (χ2n) is 8.22. The molecule has 2 aromatic carbocycles. The van der Waals surface area contributed by atoms with Crippen LogP contribution < -0.4 is 9.62 Å². The first-order valence-electron chi connectivity index (χ1n) is 10.4. The van der Waals surface area contributed by atoms with E-state index in [1.165, 1.54) is 23.1 Å². The maximum absolute atomic E-state index is 13.4. The third-order valence-electron chi connectivity index (χ3n) is 4.86. The highest BCUT2D eigenvalue weighted by Crippen LogP contribution is 2.27. The molecule has 0 heterocycles. The van der Waals surface area contributed by atoms with E-state index in [0.717, 1.165) is 16.1 Å². The van der Waals surface area contributed by atoms with Crippen LogP contribution in [0.15, 0.2) is 48.5 Å². The minimum absolute atomic E-state index is 0.143. The van der Waals surface area contributed by atoms with Crippen LogP contribution in [0, 0.1) is 5.92 Å². The number of nitrogens with one attached hydrogen (secondary N) is 1. The van der Waals surface area contributed by atoms with Crippen LogP contribution in [0.5, 0.6) is 0 Å². The smallest absolute Gasteiger partial charge is 0.244 e. The van der Waals surface area contributed by atoms with E-state index in [9.17, 15) is 18.0 Å². The lowest BCUT2D eigenvalue weighted by atomic mass is 10.1. The fraction of sp³-hybridized carbons (Fsp3) is 0.391. The molecule has 0 bridgehead atoms. The number of halogens is 2. The molecule has 0 aliphatic rings. The summed E-state index contributed by atoms with van der Waals surface area (Å²) in [6.07, 6.45) is 0.995. The SMILES string of the molecule is CC(C)CNC(=O)[C@@H](C)N(Cc1ccccc1)C(=O)CN(c1cc(Cl)cc(Cl)c1)S(C)(=O)=O. The van der Waals surface area contributed by atoms with Crippen LogP contribution in [-0.2, 0) is 26.2 Å². The van der Waals surface area contributed by atoms with Gasteiger partial charge in [-0.3, -0.25) is 13.9 Å². The summed E-state index contributed by atoms with van der Waals surface area (Å²) in [5.41, 5.74) is 0.978. The van der Waals surface area contributed by atoms with E-state index < -0.39 is 28.5 Å². The molecule has 0 aromatic heterocycles. The summed E-state index contributed by atoms with van der Waals surface area (Å²) in [4.78, 5) is 27.5. The van der Waals surface area contributed by atoms with E-state index in [1.54, 1.807) is 6.92 Å². The van der Waals surface area contributed by atoms with Gasteiger partial charge in [0.25, 0.3) is 0 Å². The molecule has 0 saturated heterocycles. The quantitative estimate of drug-likeness (QED) is 0.520. The molecule has 2 rings (SSSR count). The Kier molecular flexibility index (Phi) is 9.57. The Bertz CT molecular complexity index is 1060. The van der Waals surface area contributed by atoms with E-state index in [4.69, 9.17) is 23.2 Å². The van der Waals surface area contributed by atoms with Crippen molar-refractivity contribution in [2.75, 3.05) is 23.7 Å². The van der Waals surface area contributed by atoms with E-state index in [-0.39, 0.29) is 34.1 Å². The number of sulfonamides is 1. The molecular weight excluding hydrogens is 485 g/mol. The lowest BCUT2D eigenvalue weighted by Crippen LogP contribution is -2.51. The third-order valence-corrected chi connectivity index (χ3v) is 6.44. The molecule has 0 aliphatic heterocycles. The van der Waals surface area contributed by atoms with Gasteiger partial charge in [0.05, 0.1) is 11.9 Å². The van der Waals surface area contributed by atoms with Crippen LogP contribution >= 0.6 is 23.2 Å². The van der Waals surface area contributed by atoms with Gasteiger partial charge in [-0.2, -0.15) is 0 Å². The number of rotatable bonds is 10. The standard InChI is InChI=1S/C23H29Cl2N3O4S/c1-16(2)13-26-23(30)17(3)27(14-18-8-6-5-7-9-18)22(29)15-28(33(4,31)32)21-11-19(24)10-20(25)12-21/h5-12,16-17H,13-15H2,1-4H3,(H,26,30)/t17-/m1/s1. The average Bonchev–Trinajstić information content (AvgIpc) is 2.72. The lowest BCUT2D eigenvalue weighted by molar-refractivity contribution is -0.139. The Morgan fingerprint density at radius 1 is 1.00 bits per heavy atom. The number of benzene rings is 2. The zero-order valence-electron chi connectivity index (χ0n) is 19.1. The molecule has 1 N–H and O–H groups in total.